The molecule has 1 N–H and O–H groups in total. The SMILES string of the molecule is COc1ccc(OC)c(NC(=O)N2Cc3ccccc3-n3cccc3[C@@H]2c2ccc(F)cc2)c1. The van der Waals surface area contributed by atoms with Crippen LogP contribution in [0.4, 0.5) is 14.9 Å². The van der Waals surface area contributed by atoms with Crippen molar-refractivity contribution >= 4 is 11.7 Å². The third-order valence-corrected chi connectivity index (χ3v) is 6.06. The number of nitrogens with one attached hydrogen (secondary N) is 1. The first-order valence-electron chi connectivity index (χ1n) is 10.9. The van der Waals surface area contributed by atoms with Crippen LogP contribution in [0.2, 0.25) is 0 Å². The summed E-state index contributed by atoms with van der Waals surface area (Å²) in [5.74, 6) is 0.792. The molecule has 2 amide bonds. The van der Waals surface area contributed by atoms with Crippen LogP contribution in [0.25, 0.3) is 5.69 Å². The molecule has 0 aliphatic carbocycles. The molecule has 1 aliphatic heterocycles. The molecule has 3 aromatic carbocycles. The summed E-state index contributed by atoms with van der Waals surface area (Å²) in [6, 6.07) is 22.7. The van der Waals surface area contributed by atoms with Crippen LogP contribution < -0.4 is 14.8 Å². The van der Waals surface area contributed by atoms with Crippen molar-refractivity contribution in [2.45, 2.75) is 12.6 Å². The van der Waals surface area contributed by atoms with E-state index in [0.717, 1.165) is 22.5 Å². The molecular weight excluding hydrogens is 433 g/mol. The summed E-state index contributed by atoms with van der Waals surface area (Å²) in [6.45, 7) is 0.359. The van der Waals surface area contributed by atoms with E-state index in [9.17, 15) is 9.18 Å². The Bertz CT molecular complexity index is 1330. The van der Waals surface area contributed by atoms with Gasteiger partial charge >= 0.3 is 6.03 Å². The number of anilines is 1. The first-order chi connectivity index (χ1) is 16.6. The molecule has 34 heavy (non-hydrogen) atoms. The van der Waals surface area contributed by atoms with Crippen molar-refractivity contribution in [1.29, 1.82) is 0 Å². The molecule has 1 aliphatic rings. The zero-order valence-electron chi connectivity index (χ0n) is 18.9. The van der Waals surface area contributed by atoms with Crippen molar-refractivity contribution in [2.24, 2.45) is 0 Å². The minimum Gasteiger partial charge on any atom is -0.497 e. The second kappa shape index (κ2) is 8.94. The summed E-state index contributed by atoms with van der Waals surface area (Å²) in [5.41, 5.74) is 4.21. The number of nitrogens with zero attached hydrogens (tertiary/aromatic N) is 2. The maximum absolute atomic E-state index is 13.8. The van der Waals surface area contributed by atoms with E-state index in [4.69, 9.17) is 9.47 Å². The van der Waals surface area contributed by atoms with Crippen LogP contribution in [0.3, 0.4) is 0 Å². The van der Waals surface area contributed by atoms with E-state index >= 15 is 0 Å². The number of urea groups is 1. The van der Waals surface area contributed by atoms with Gasteiger partial charge in [0.1, 0.15) is 17.3 Å². The average Bonchev–Trinajstić information content (AvgIpc) is 3.29. The highest BCUT2D eigenvalue weighted by Gasteiger charge is 2.33. The predicted molar refractivity (Wildman–Crippen MR) is 128 cm³/mol. The maximum atomic E-state index is 13.8. The van der Waals surface area contributed by atoms with Gasteiger partial charge in [0.2, 0.25) is 0 Å². The molecule has 172 valence electrons. The highest BCUT2D eigenvalue weighted by molar-refractivity contribution is 5.92. The molecule has 0 spiro atoms. The van der Waals surface area contributed by atoms with Gasteiger partial charge < -0.3 is 24.3 Å². The third kappa shape index (κ3) is 3.85. The second-order valence-corrected chi connectivity index (χ2v) is 8.01. The molecule has 7 heteroatoms. The van der Waals surface area contributed by atoms with Crippen LogP contribution >= 0.6 is 0 Å². The molecule has 0 bridgehead atoms. The van der Waals surface area contributed by atoms with E-state index in [-0.39, 0.29) is 11.8 Å². The summed E-state index contributed by atoms with van der Waals surface area (Å²) >= 11 is 0. The smallest absolute Gasteiger partial charge is 0.323 e. The molecule has 0 unspecified atom stereocenters. The number of aromatic nitrogens is 1. The van der Waals surface area contributed by atoms with Gasteiger partial charge in [-0.3, -0.25) is 0 Å². The molecule has 0 fully saturated rings. The molecule has 1 atom stereocenters. The fourth-order valence-electron chi connectivity index (χ4n) is 4.43. The highest BCUT2D eigenvalue weighted by Crippen LogP contribution is 2.38. The van der Waals surface area contributed by atoms with E-state index in [1.807, 2.05) is 42.6 Å². The van der Waals surface area contributed by atoms with Crippen LogP contribution in [0.5, 0.6) is 11.5 Å². The zero-order chi connectivity index (χ0) is 23.7. The summed E-state index contributed by atoms with van der Waals surface area (Å²) in [7, 11) is 3.12. The Morgan fingerprint density at radius 3 is 2.53 bits per heavy atom. The first kappa shape index (κ1) is 21.6. The van der Waals surface area contributed by atoms with Gasteiger partial charge in [-0.2, -0.15) is 0 Å². The number of methoxy groups -OCH3 is 2. The minimum atomic E-state index is -0.445. The number of rotatable bonds is 4. The average molecular weight is 458 g/mol. The summed E-state index contributed by atoms with van der Waals surface area (Å²) in [4.78, 5) is 15.6. The lowest BCUT2D eigenvalue weighted by atomic mass is 10.0. The maximum Gasteiger partial charge on any atom is 0.323 e. The molecule has 6 nitrogen and oxygen atoms in total. The van der Waals surface area contributed by atoms with Crippen molar-refractivity contribution < 1.29 is 18.7 Å². The lowest BCUT2D eigenvalue weighted by Crippen LogP contribution is -2.38. The lowest BCUT2D eigenvalue weighted by molar-refractivity contribution is 0.194. The van der Waals surface area contributed by atoms with Crippen LogP contribution in [-0.4, -0.2) is 29.7 Å². The normalized spacial score (nSPS) is 14.6. The number of hydrogen-bond donors (Lipinski definition) is 1. The quantitative estimate of drug-likeness (QED) is 0.423. The number of carbonyl (C=O) groups excluding carboxylic acids is 1. The largest absolute Gasteiger partial charge is 0.497 e. The predicted octanol–water partition coefficient (Wildman–Crippen LogP) is 5.77. The van der Waals surface area contributed by atoms with Crippen molar-refractivity contribution in [2.75, 3.05) is 19.5 Å². The molecule has 0 radical (unpaired) electrons. The Balaban J connectivity index is 1.62. The van der Waals surface area contributed by atoms with Gasteiger partial charge in [-0.1, -0.05) is 30.3 Å². The second-order valence-electron chi connectivity index (χ2n) is 8.01. The Labute approximate surface area is 197 Å². The highest BCUT2D eigenvalue weighted by atomic mass is 19.1. The molecule has 4 aromatic rings. The molecular formula is C27H24FN3O3. The van der Waals surface area contributed by atoms with Crippen LogP contribution in [0.15, 0.2) is 85.1 Å². The molecule has 0 saturated heterocycles. The third-order valence-electron chi connectivity index (χ3n) is 6.06. The number of ether oxygens (including phenoxy) is 2. The summed E-state index contributed by atoms with van der Waals surface area (Å²) in [6.07, 6.45) is 1.98. The van der Waals surface area contributed by atoms with Gasteiger partial charge in [-0.05, 0) is 53.6 Å². The van der Waals surface area contributed by atoms with Gasteiger partial charge in [-0.15, -0.1) is 0 Å². The Morgan fingerprint density at radius 1 is 0.971 bits per heavy atom. The summed E-state index contributed by atoms with van der Waals surface area (Å²) < 4.78 is 26.6. The van der Waals surface area contributed by atoms with Crippen LogP contribution in [-0.2, 0) is 6.54 Å². The fraction of sp³-hybridized carbons (Fsp3) is 0.148. The number of halogens is 1. The number of amides is 2. The molecule has 1 aromatic heterocycles. The van der Waals surface area contributed by atoms with Crippen molar-refractivity contribution in [1.82, 2.24) is 9.47 Å². The molecule has 0 saturated carbocycles. The van der Waals surface area contributed by atoms with Crippen LogP contribution in [0, 0.1) is 5.82 Å². The van der Waals surface area contributed by atoms with E-state index in [0.29, 0.717) is 23.7 Å². The van der Waals surface area contributed by atoms with Gasteiger partial charge in [0.25, 0.3) is 0 Å². The van der Waals surface area contributed by atoms with E-state index < -0.39 is 6.04 Å². The number of para-hydroxylation sites is 1. The van der Waals surface area contributed by atoms with Crippen molar-refractivity contribution in [3.63, 3.8) is 0 Å². The fourth-order valence-corrected chi connectivity index (χ4v) is 4.43. The van der Waals surface area contributed by atoms with Gasteiger partial charge in [0, 0.05) is 18.0 Å². The van der Waals surface area contributed by atoms with Gasteiger partial charge in [0.05, 0.1) is 38.2 Å². The van der Waals surface area contributed by atoms with Crippen LogP contribution in [0.1, 0.15) is 22.9 Å². The lowest BCUT2D eigenvalue weighted by Gasteiger charge is -2.31. The van der Waals surface area contributed by atoms with Gasteiger partial charge in [0.15, 0.2) is 0 Å². The minimum absolute atomic E-state index is 0.315. The van der Waals surface area contributed by atoms with Gasteiger partial charge in [-0.25, -0.2) is 9.18 Å². The monoisotopic (exact) mass is 457 g/mol. The Hall–Kier alpha value is -4.26. The van der Waals surface area contributed by atoms with E-state index in [1.54, 1.807) is 49.5 Å². The number of carbonyl (C=O) groups is 1. The van der Waals surface area contributed by atoms with E-state index in [2.05, 4.69) is 9.88 Å². The number of benzene rings is 3. The molecule has 2 heterocycles. The Kier molecular flexibility index (Phi) is 5.67. The number of fused-ring (bicyclic) bond motifs is 3. The Morgan fingerprint density at radius 2 is 1.76 bits per heavy atom. The number of hydrogen-bond acceptors (Lipinski definition) is 3. The van der Waals surface area contributed by atoms with E-state index in [1.165, 1.54) is 12.1 Å². The van der Waals surface area contributed by atoms with Crippen molar-refractivity contribution in [3.8, 4) is 17.2 Å². The first-order valence-corrected chi connectivity index (χ1v) is 10.9. The zero-order valence-corrected chi connectivity index (χ0v) is 18.9. The molecule has 5 rings (SSSR count). The standard InChI is InChI=1S/C27H24FN3O3/c1-33-21-13-14-25(34-2)22(16-21)29-27(32)31-17-19-6-3-4-7-23(19)30-15-5-8-24(30)26(31)18-9-11-20(28)12-10-18/h3-16,26H,17H2,1-2H3,(H,29,32)/t26-/m0/s1. The van der Waals surface area contributed by atoms with Crippen molar-refractivity contribution in [3.05, 3.63) is 108 Å². The summed E-state index contributed by atoms with van der Waals surface area (Å²) in [5, 5.41) is 3.00. The topological polar surface area (TPSA) is 55.7 Å².